The Bertz CT molecular complexity index is 637. The van der Waals surface area contributed by atoms with Gasteiger partial charge in [0.2, 0.25) is 5.91 Å². The first-order chi connectivity index (χ1) is 11.0. The molecule has 1 aromatic carbocycles. The topological polar surface area (TPSA) is 99.3 Å². The number of hydrogen-bond donors (Lipinski definition) is 4. The third kappa shape index (κ3) is 3.05. The molecule has 4 N–H and O–H groups in total. The van der Waals surface area contributed by atoms with Crippen molar-refractivity contribution in [2.45, 2.75) is 37.9 Å². The van der Waals surface area contributed by atoms with Gasteiger partial charge in [-0.3, -0.25) is 14.9 Å². The molecule has 2 unspecified atom stereocenters. The zero-order valence-electron chi connectivity index (χ0n) is 12.9. The summed E-state index contributed by atoms with van der Waals surface area (Å²) in [5.74, 6) is -0.350. The first-order valence-corrected chi connectivity index (χ1v) is 7.73. The Morgan fingerprint density at radius 3 is 2.61 bits per heavy atom. The number of carbonyl (C=O) groups excluding carboxylic acids is 3. The molecule has 0 aliphatic carbocycles. The highest BCUT2D eigenvalue weighted by Gasteiger charge is 2.43. The van der Waals surface area contributed by atoms with Crippen molar-refractivity contribution in [3.05, 3.63) is 35.4 Å². The lowest BCUT2D eigenvalue weighted by atomic mass is 9.91. The molecule has 2 fully saturated rings. The van der Waals surface area contributed by atoms with Crippen LogP contribution < -0.4 is 21.3 Å². The number of rotatable bonds is 4. The summed E-state index contributed by atoms with van der Waals surface area (Å²) >= 11 is 0. The average molecular weight is 316 g/mol. The average Bonchev–Trinajstić information content (AvgIpc) is 3.15. The molecule has 2 aliphatic heterocycles. The molecule has 4 amide bonds. The third-order valence-corrected chi connectivity index (χ3v) is 4.42. The highest BCUT2D eigenvalue weighted by Crippen LogP contribution is 2.24. The Morgan fingerprint density at radius 1 is 1.30 bits per heavy atom. The fraction of sp³-hybridized carbons (Fsp3) is 0.438. The fourth-order valence-electron chi connectivity index (χ4n) is 2.92. The molecule has 7 heteroatoms. The summed E-state index contributed by atoms with van der Waals surface area (Å²) in [6, 6.07) is 6.70. The van der Waals surface area contributed by atoms with Gasteiger partial charge in [0.05, 0.1) is 6.04 Å². The highest BCUT2D eigenvalue weighted by molar-refractivity contribution is 6.07. The van der Waals surface area contributed by atoms with E-state index < -0.39 is 11.6 Å². The standard InChI is InChI=1S/C16H20N4O3/c1-16(14(22)19-15(23)20-16)11-6-4-10(5-7-11)9-18-13(21)12-3-2-8-17-12/h4-7,12,17H,2-3,8-9H2,1H3,(H,18,21)(H2,19,20,22,23). The predicted molar refractivity (Wildman–Crippen MR) is 83.3 cm³/mol. The van der Waals surface area contributed by atoms with Crippen LogP contribution in [0.25, 0.3) is 0 Å². The quantitative estimate of drug-likeness (QED) is 0.592. The van der Waals surface area contributed by atoms with E-state index in [1.165, 1.54) is 0 Å². The number of imide groups is 1. The van der Waals surface area contributed by atoms with E-state index in [4.69, 9.17) is 0 Å². The van der Waals surface area contributed by atoms with Crippen molar-refractivity contribution in [2.75, 3.05) is 6.54 Å². The number of amides is 4. The molecule has 2 heterocycles. The van der Waals surface area contributed by atoms with E-state index in [1.54, 1.807) is 19.1 Å². The van der Waals surface area contributed by atoms with Crippen molar-refractivity contribution < 1.29 is 14.4 Å². The van der Waals surface area contributed by atoms with E-state index in [0.717, 1.165) is 24.9 Å². The van der Waals surface area contributed by atoms with Gasteiger partial charge in [-0.2, -0.15) is 0 Å². The van der Waals surface area contributed by atoms with Gasteiger partial charge in [-0.05, 0) is 37.4 Å². The van der Waals surface area contributed by atoms with E-state index in [2.05, 4.69) is 21.3 Å². The summed E-state index contributed by atoms with van der Waals surface area (Å²) in [5.41, 5.74) is 0.592. The van der Waals surface area contributed by atoms with E-state index in [0.29, 0.717) is 12.1 Å². The van der Waals surface area contributed by atoms with Gasteiger partial charge in [-0.1, -0.05) is 24.3 Å². The minimum absolute atomic E-state index is 0.0148. The molecule has 0 radical (unpaired) electrons. The predicted octanol–water partition coefficient (Wildman–Crippen LogP) is 0.109. The van der Waals surface area contributed by atoms with Gasteiger partial charge < -0.3 is 16.0 Å². The Balaban J connectivity index is 1.62. The van der Waals surface area contributed by atoms with Crippen LogP contribution in [0, 0.1) is 0 Å². The smallest absolute Gasteiger partial charge is 0.322 e. The fourth-order valence-corrected chi connectivity index (χ4v) is 2.92. The Hall–Kier alpha value is -2.41. The van der Waals surface area contributed by atoms with Crippen LogP contribution in [0.4, 0.5) is 4.79 Å². The molecule has 0 spiro atoms. The second kappa shape index (κ2) is 6.00. The van der Waals surface area contributed by atoms with Crippen molar-refractivity contribution >= 4 is 17.8 Å². The van der Waals surface area contributed by atoms with Gasteiger partial charge in [0.1, 0.15) is 5.54 Å². The SMILES string of the molecule is CC1(c2ccc(CNC(=O)C3CCCN3)cc2)NC(=O)NC1=O. The Kier molecular flexibility index (Phi) is 4.04. The van der Waals surface area contributed by atoms with E-state index in [-0.39, 0.29) is 17.9 Å². The summed E-state index contributed by atoms with van der Waals surface area (Å²) < 4.78 is 0. The van der Waals surface area contributed by atoms with E-state index in [9.17, 15) is 14.4 Å². The van der Waals surface area contributed by atoms with Gasteiger partial charge in [0.25, 0.3) is 5.91 Å². The van der Waals surface area contributed by atoms with Crippen LogP contribution in [0.15, 0.2) is 24.3 Å². The Labute approximate surface area is 134 Å². The normalized spacial score (nSPS) is 26.7. The summed E-state index contributed by atoms with van der Waals surface area (Å²) in [7, 11) is 0. The lowest BCUT2D eigenvalue weighted by Gasteiger charge is -2.21. The molecule has 23 heavy (non-hydrogen) atoms. The minimum atomic E-state index is -1.05. The van der Waals surface area contributed by atoms with Crippen LogP contribution >= 0.6 is 0 Å². The van der Waals surface area contributed by atoms with Gasteiger partial charge in [0, 0.05) is 6.54 Å². The van der Waals surface area contributed by atoms with Crippen LogP contribution in [-0.4, -0.2) is 30.4 Å². The molecule has 122 valence electrons. The molecule has 2 saturated heterocycles. The van der Waals surface area contributed by atoms with Crippen molar-refractivity contribution in [3.63, 3.8) is 0 Å². The van der Waals surface area contributed by atoms with E-state index in [1.807, 2.05) is 12.1 Å². The Morgan fingerprint density at radius 2 is 2.04 bits per heavy atom. The minimum Gasteiger partial charge on any atom is -0.351 e. The van der Waals surface area contributed by atoms with Crippen LogP contribution in [-0.2, 0) is 21.7 Å². The maximum absolute atomic E-state index is 12.0. The first-order valence-electron chi connectivity index (χ1n) is 7.73. The van der Waals surface area contributed by atoms with E-state index >= 15 is 0 Å². The van der Waals surface area contributed by atoms with Crippen molar-refractivity contribution in [2.24, 2.45) is 0 Å². The molecule has 3 rings (SSSR count). The summed E-state index contributed by atoms with van der Waals surface area (Å²) in [6.07, 6.45) is 1.90. The third-order valence-electron chi connectivity index (χ3n) is 4.42. The van der Waals surface area contributed by atoms with Crippen LogP contribution in [0.2, 0.25) is 0 Å². The maximum Gasteiger partial charge on any atom is 0.322 e. The number of urea groups is 1. The van der Waals surface area contributed by atoms with Crippen LogP contribution in [0.5, 0.6) is 0 Å². The summed E-state index contributed by atoms with van der Waals surface area (Å²) in [6.45, 7) is 2.99. The van der Waals surface area contributed by atoms with Gasteiger partial charge in [-0.15, -0.1) is 0 Å². The van der Waals surface area contributed by atoms with Crippen molar-refractivity contribution in [3.8, 4) is 0 Å². The molecule has 7 nitrogen and oxygen atoms in total. The van der Waals surface area contributed by atoms with Gasteiger partial charge >= 0.3 is 6.03 Å². The highest BCUT2D eigenvalue weighted by atomic mass is 16.2. The first kappa shape index (κ1) is 15.5. The molecule has 2 aliphatic rings. The second-order valence-corrected chi connectivity index (χ2v) is 6.10. The molecule has 0 bridgehead atoms. The number of nitrogens with one attached hydrogen (secondary N) is 4. The van der Waals surface area contributed by atoms with Crippen molar-refractivity contribution in [1.82, 2.24) is 21.3 Å². The molecular formula is C16H20N4O3. The zero-order chi connectivity index (χ0) is 16.4. The molecular weight excluding hydrogens is 296 g/mol. The largest absolute Gasteiger partial charge is 0.351 e. The van der Waals surface area contributed by atoms with Gasteiger partial charge in [0.15, 0.2) is 0 Å². The van der Waals surface area contributed by atoms with Crippen LogP contribution in [0.3, 0.4) is 0 Å². The number of benzene rings is 1. The molecule has 1 aromatic rings. The summed E-state index contributed by atoms with van der Waals surface area (Å²) in [4.78, 5) is 35.2. The second-order valence-electron chi connectivity index (χ2n) is 6.10. The van der Waals surface area contributed by atoms with Gasteiger partial charge in [-0.25, -0.2) is 4.79 Å². The monoisotopic (exact) mass is 316 g/mol. The summed E-state index contributed by atoms with van der Waals surface area (Å²) in [5, 5.41) is 10.9. The lowest BCUT2D eigenvalue weighted by molar-refractivity contribution is -0.124. The molecule has 2 atom stereocenters. The lowest BCUT2D eigenvalue weighted by Crippen LogP contribution is -2.40. The maximum atomic E-state index is 12.0. The number of hydrogen-bond acceptors (Lipinski definition) is 4. The molecule has 0 saturated carbocycles. The van der Waals surface area contributed by atoms with Crippen LogP contribution in [0.1, 0.15) is 30.9 Å². The zero-order valence-corrected chi connectivity index (χ0v) is 12.9. The molecule has 0 aromatic heterocycles. The van der Waals surface area contributed by atoms with Crippen molar-refractivity contribution in [1.29, 1.82) is 0 Å². The number of carbonyl (C=O) groups is 3.